The summed E-state index contributed by atoms with van der Waals surface area (Å²) in [4.78, 5) is 27.9. The molecule has 7 nitrogen and oxygen atoms in total. The Morgan fingerprint density at radius 2 is 1.71 bits per heavy atom. The fourth-order valence-electron chi connectivity index (χ4n) is 4.06. The highest BCUT2D eigenvalue weighted by molar-refractivity contribution is 7.89. The predicted molar refractivity (Wildman–Crippen MR) is 138 cm³/mol. The molecule has 1 atom stereocenters. The van der Waals surface area contributed by atoms with Crippen molar-refractivity contribution in [1.82, 2.24) is 14.5 Å². The fourth-order valence-corrected chi connectivity index (χ4v) is 5.65. The van der Waals surface area contributed by atoms with E-state index in [0.717, 1.165) is 35.6 Å². The van der Waals surface area contributed by atoms with Crippen molar-refractivity contribution in [1.29, 1.82) is 0 Å². The molecular formula is C25H31Cl2N3O4S. The average Bonchev–Trinajstić information content (AvgIpc) is 3.31. The molecule has 1 aliphatic rings. The average molecular weight is 541 g/mol. The Hall–Kier alpha value is -2.13. The Labute approximate surface area is 217 Å². The number of benzene rings is 2. The molecule has 0 radical (unpaired) electrons. The van der Waals surface area contributed by atoms with Crippen LogP contribution in [0.2, 0.25) is 10.0 Å². The monoisotopic (exact) mass is 539 g/mol. The van der Waals surface area contributed by atoms with Gasteiger partial charge < -0.3 is 10.2 Å². The van der Waals surface area contributed by atoms with Gasteiger partial charge in [-0.15, -0.1) is 0 Å². The van der Waals surface area contributed by atoms with E-state index in [-0.39, 0.29) is 23.4 Å². The van der Waals surface area contributed by atoms with E-state index in [1.54, 1.807) is 37.3 Å². The van der Waals surface area contributed by atoms with Gasteiger partial charge in [0.25, 0.3) is 0 Å². The summed E-state index contributed by atoms with van der Waals surface area (Å²) in [6.45, 7) is 3.11. The number of halogens is 2. The molecule has 0 aliphatic heterocycles. The smallest absolute Gasteiger partial charge is 0.243 e. The minimum atomic E-state index is -3.89. The molecule has 2 amide bonds. The minimum absolute atomic E-state index is 0.0342. The van der Waals surface area contributed by atoms with E-state index in [4.69, 9.17) is 23.2 Å². The van der Waals surface area contributed by atoms with Gasteiger partial charge in [0.2, 0.25) is 21.8 Å². The van der Waals surface area contributed by atoms with Crippen LogP contribution < -0.4 is 5.32 Å². The van der Waals surface area contributed by atoms with E-state index in [1.807, 2.05) is 6.92 Å². The number of rotatable bonds is 9. The molecular weight excluding hydrogens is 509 g/mol. The van der Waals surface area contributed by atoms with Crippen molar-refractivity contribution < 1.29 is 18.0 Å². The van der Waals surface area contributed by atoms with Gasteiger partial charge in [-0.05, 0) is 56.5 Å². The molecule has 0 aromatic heterocycles. The van der Waals surface area contributed by atoms with Gasteiger partial charge in [0, 0.05) is 29.7 Å². The second kappa shape index (κ2) is 11.7. The number of likely N-dealkylation sites (N-methyl/N-ethyl adjacent to an activating group) is 1. The molecule has 1 saturated carbocycles. The number of hydrogen-bond donors (Lipinski definition) is 1. The Kier molecular flexibility index (Phi) is 9.21. The lowest BCUT2D eigenvalue weighted by molar-refractivity contribution is -0.140. The van der Waals surface area contributed by atoms with Crippen LogP contribution >= 0.6 is 23.2 Å². The van der Waals surface area contributed by atoms with Crippen LogP contribution in [0.5, 0.6) is 0 Å². The van der Waals surface area contributed by atoms with Gasteiger partial charge in [0.1, 0.15) is 6.04 Å². The maximum Gasteiger partial charge on any atom is 0.243 e. The molecule has 1 fully saturated rings. The van der Waals surface area contributed by atoms with E-state index in [0.29, 0.717) is 15.6 Å². The molecule has 0 bridgehead atoms. The number of carbonyl (C=O) groups is 2. The lowest BCUT2D eigenvalue weighted by atomic mass is 10.1. The summed E-state index contributed by atoms with van der Waals surface area (Å²) in [6.07, 6.45) is 3.94. The Balaban J connectivity index is 1.82. The van der Waals surface area contributed by atoms with Crippen LogP contribution in [0.25, 0.3) is 0 Å². The zero-order chi connectivity index (χ0) is 25.8. The van der Waals surface area contributed by atoms with Gasteiger partial charge in [0.15, 0.2) is 0 Å². The molecule has 35 heavy (non-hydrogen) atoms. The van der Waals surface area contributed by atoms with Crippen LogP contribution in [0.15, 0.2) is 47.4 Å². The molecule has 0 spiro atoms. The third-order valence-electron chi connectivity index (χ3n) is 6.31. The number of carbonyl (C=O) groups excluding carboxylic acids is 2. The number of hydrogen-bond acceptors (Lipinski definition) is 4. The summed E-state index contributed by atoms with van der Waals surface area (Å²) in [7, 11) is -2.54. The highest BCUT2D eigenvalue weighted by atomic mass is 35.5. The number of amides is 2. The molecule has 0 saturated heterocycles. The maximum atomic E-state index is 13.4. The van der Waals surface area contributed by atoms with Crippen LogP contribution in [0.1, 0.15) is 43.7 Å². The van der Waals surface area contributed by atoms with Gasteiger partial charge in [-0.3, -0.25) is 9.59 Å². The first-order chi connectivity index (χ1) is 16.5. The van der Waals surface area contributed by atoms with Crippen LogP contribution in [0.4, 0.5) is 0 Å². The molecule has 1 aliphatic carbocycles. The lowest BCUT2D eigenvalue weighted by Gasteiger charge is -2.31. The third kappa shape index (κ3) is 6.97. The van der Waals surface area contributed by atoms with Crippen molar-refractivity contribution in [3.63, 3.8) is 0 Å². The number of sulfonamides is 1. The topological polar surface area (TPSA) is 86.8 Å². The van der Waals surface area contributed by atoms with Crippen molar-refractivity contribution in [2.75, 3.05) is 13.6 Å². The second-order valence-electron chi connectivity index (χ2n) is 9.00. The zero-order valence-electron chi connectivity index (χ0n) is 20.1. The summed E-state index contributed by atoms with van der Waals surface area (Å²) in [6, 6.07) is 10.6. The Bertz CT molecular complexity index is 1170. The van der Waals surface area contributed by atoms with E-state index in [9.17, 15) is 18.0 Å². The van der Waals surface area contributed by atoms with Gasteiger partial charge in [-0.25, -0.2) is 8.42 Å². The highest BCUT2D eigenvalue weighted by Crippen LogP contribution is 2.24. The first-order valence-corrected chi connectivity index (χ1v) is 13.8. The normalized spacial score (nSPS) is 15.3. The quantitative estimate of drug-likeness (QED) is 0.511. The van der Waals surface area contributed by atoms with Crippen LogP contribution in [0, 0.1) is 6.92 Å². The molecule has 2 aromatic rings. The summed E-state index contributed by atoms with van der Waals surface area (Å²) in [5.74, 6) is -0.789. The maximum absolute atomic E-state index is 13.4. The molecule has 10 heteroatoms. The standard InChI is InChI=1S/C25H31Cl2N3O4S/c1-17-8-12-22(13-9-17)35(33,34)29(3)16-24(31)30(15-19-10-11-20(26)14-23(19)27)18(2)25(32)28-21-6-4-5-7-21/h8-14,18,21H,4-7,15-16H2,1-3H3,(H,28,32). The van der Waals surface area contributed by atoms with Crippen LogP contribution in [-0.2, 0) is 26.2 Å². The molecule has 1 N–H and O–H groups in total. The van der Waals surface area contributed by atoms with Crippen LogP contribution in [0.3, 0.4) is 0 Å². The molecule has 0 heterocycles. The largest absolute Gasteiger partial charge is 0.352 e. The van der Waals surface area contributed by atoms with Crippen LogP contribution in [-0.4, -0.2) is 55.1 Å². The highest BCUT2D eigenvalue weighted by Gasteiger charge is 2.31. The van der Waals surface area contributed by atoms with Crippen molar-refractivity contribution in [2.24, 2.45) is 0 Å². The molecule has 2 aromatic carbocycles. The van der Waals surface area contributed by atoms with Crippen molar-refractivity contribution >= 4 is 45.0 Å². The van der Waals surface area contributed by atoms with E-state index >= 15 is 0 Å². The molecule has 1 unspecified atom stereocenters. The van der Waals surface area contributed by atoms with Crippen molar-refractivity contribution in [2.45, 2.75) is 63.1 Å². The van der Waals surface area contributed by atoms with Crippen molar-refractivity contribution in [3.8, 4) is 0 Å². The summed E-state index contributed by atoms with van der Waals surface area (Å²) >= 11 is 12.4. The predicted octanol–water partition coefficient (Wildman–Crippen LogP) is 4.40. The summed E-state index contributed by atoms with van der Waals surface area (Å²) in [5.41, 5.74) is 1.53. The van der Waals surface area contributed by atoms with E-state index in [1.165, 1.54) is 24.1 Å². The van der Waals surface area contributed by atoms with E-state index < -0.39 is 28.5 Å². The van der Waals surface area contributed by atoms with Gasteiger partial charge >= 0.3 is 0 Å². The zero-order valence-corrected chi connectivity index (χ0v) is 22.5. The molecule has 190 valence electrons. The van der Waals surface area contributed by atoms with Gasteiger partial charge in [-0.1, -0.05) is 59.8 Å². The Morgan fingerprint density at radius 1 is 1.09 bits per heavy atom. The summed E-state index contributed by atoms with van der Waals surface area (Å²) in [5, 5.41) is 3.83. The number of nitrogens with zero attached hydrogens (tertiary/aromatic N) is 2. The minimum Gasteiger partial charge on any atom is -0.352 e. The second-order valence-corrected chi connectivity index (χ2v) is 11.9. The number of aryl methyl sites for hydroxylation is 1. The van der Waals surface area contributed by atoms with E-state index in [2.05, 4.69) is 5.32 Å². The van der Waals surface area contributed by atoms with Crippen molar-refractivity contribution in [3.05, 3.63) is 63.6 Å². The lowest BCUT2D eigenvalue weighted by Crippen LogP contribution is -2.52. The third-order valence-corrected chi connectivity index (χ3v) is 8.72. The SMILES string of the molecule is Cc1ccc(S(=O)(=O)N(C)CC(=O)N(Cc2ccc(Cl)cc2Cl)C(C)C(=O)NC2CCCC2)cc1. The number of nitrogens with one attached hydrogen (secondary N) is 1. The van der Waals surface area contributed by atoms with Gasteiger partial charge in [-0.2, -0.15) is 4.31 Å². The van der Waals surface area contributed by atoms with Gasteiger partial charge in [0.05, 0.1) is 11.4 Å². The molecule has 3 rings (SSSR count). The fraction of sp³-hybridized carbons (Fsp3) is 0.440. The summed E-state index contributed by atoms with van der Waals surface area (Å²) < 4.78 is 27.0. The first kappa shape index (κ1) is 27.5. The first-order valence-electron chi connectivity index (χ1n) is 11.6. The Morgan fingerprint density at radius 3 is 2.31 bits per heavy atom.